The van der Waals surface area contributed by atoms with E-state index >= 15 is 0 Å². The third-order valence-corrected chi connectivity index (χ3v) is 3.20. The zero-order valence-electron chi connectivity index (χ0n) is 9.44. The van der Waals surface area contributed by atoms with Gasteiger partial charge in [-0.2, -0.15) is 0 Å². The Kier molecular flexibility index (Phi) is 1.90. The van der Waals surface area contributed by atoms with Crippen LogP contribution in [0.25, 0.3) is 21.7 Å². The minimum absolute atomic E-state index is 1.06. The van der Waals surface area contributed by atoms with Crippen LogP contribution in [0.3, 0.4) is 0 Å². The second-order valence-electron chi connectivity index (χ2n) is 4.11. The van der Waals surface area contributed by atoms with E-state index in [0.29, 0.717) is 0 Å². The van der Waals surface area contributed by atoms with Gasteiger partial charge in [-0.3, -0.25) is 4.98 Å². The molecule has 2 nitrogen and oxygen atoms in total. The van der Waals surface area contributed by atoms with Gasteiger partial charge in [-0.15, -0.1) is 0 Å². The molecule has 0 aliphatic rings. The van der Waals surface area contributed by atoms with Gasteiger partial charge in [-0.25, -0.2) is 4.57 Å². The van der Waals surface area contributed by atoms with Gasteiger partial charge in [-0.1, -0.05) is 18.2 Å². The molecule has 0 amide bonds. The van der Waals surface area contributed by atoms with Crippen molar-refractivity contribution in [3.05, 3.63) is 48.4 Å². The number of benzene rings is 1. The van der Waals surface area contributed by atoms with Crippen molar-refractivity contribution in [2.75, 3.05) is 0 Å². The summed E-state index contributed by atoms with van der Waals surface area (Å²) < 4.78 is 2.12. The average Bonchev–Trinajstić information content (AvgIpc) is 2.33. The van der Waals surface area contributed by atoms with Gasteiger partial charge in [0.2, 0.25) is 0 Å². The summed E-state index contributed by atoms with van der Waals surface area (Å²) >= 11 is 0. The van der Waals surface area contributed by atoms with Crippen LogP contribution in [0.4, 0.5) is 0 Å². The predicted molar refractivity (Wildman–Crippen MR) is 65.2 cm³/mol. The maximum Gasteiger partial charge on any atom is 0.187 e. The van der Waals surface area contributed by atoms with Gasteiger partial charge in [0.15, 0.2) is 11.9 Å². The van der Waals surface area contributed by atoms with Crippen molar-refractivity contribution < 1.29 is 4.57 Å². The first-order valence-corrected chi connectivity index (χ1v) is 5.40. The summed E-state index contributed by atoms with van der Waals surface area (Å²) in [4.78, 5) is 4.50. The summed E-state index contributed by atoms with van der Waals surface area (Å²) in [6, 6.07) is 10.4. The number of fused-ring (bicyclic) bond motifs is 3. The van der Waals surface area contributed by atoms with Crippen LogP contribution in [0.5, 0.6) is 0 Å². The van der Waals surface area contributed by atoms with Gasteiger partial charge in [0.05, 0.1) is 10.9 Å². The molecular weight excluding hydrogens is 196 g/mol. The van der Waals surface area contributed by atoms with Crippen molar-refractivity contribution in [3.63, 3.8) is 0 Å². The van der Waals surface area contributed by atoms with Crippen molar-refractivity contribution in [3.8, 4) is 0 Å². The molecule has 3 aromatic rings. The van der Waals surface area contributed by atoms with Crippen molar-refractivity contribution in [2.24, 2.45) is 7.05 Å². The Morgan fingerprint density at radius 1 is 1.00 bits per heavy atom. The Bertz CT molecular complexity index is 687. The van der Waals surface area contributed by atoms with E-state index in [2.05, 4.69) is 54.0 Å². The molecular formula is C14H13N2+. The zero-order valence-corrected chi connectivity index (χ0v) is 9.44. The summed E-state index contributed by atoms with van der Waals surface area (Å²) in [5, 5.41) is 3.73. The van der Waals surface area contributed by atoms with Crippen molar-refractivity contribution in [2.45, 2.75) is 6.92 Å². The predicted octanol–water partition coefficient (Wildman–Crippen LogP) is 2.52. The second-order valence-corrected chi connectivity index (χ2v) is 4.11. The lowest BCUT2D eigenvalue weighted by Crippen LogP contribution is -2.31. The molecule has 0 fully saturated rings. The first-order valence-electron chi connectivity index (χ1n) is 5.40. The number of para-hydroxylation sites is 1. The maximum absolute atomic E-state index is 4.50. The number of aromatic nitrogens is 2. The summed E-state index contributed by atoms with van der Waals surface area (Å²) in [6.07, 6.45) is 4.07. The smallest absolute Gasteiger partial charge is 0.187 e. The topological polar surface area (TPSA) is 16.8 Å². The van der Waals surface area contributed by atoms with Gasteiger partial charge in [0, 0.05) is 30.0 Å². The summed E-state index contributed by atoms with van der Waals surface area (Å²) in [5.74, 6) is 0. The highest BCUT2D eigenvalue weighted by Crippen LogP contribution is 2.23. The monoisotopic (exact) mass is 209 g/mol. The van der Waals surface area contributed by atoms with E-state index in [-0.39, 0.29) is 0 Å². The van der Waals surface area contributed by atoms with Crippen LogP contribution in [0, 0.1) is 6.92 Å². The fourth-order valence-electron chi connectivity index (χ4n) is 2.12. The van der Waals surface area contributed by atoms with Gasteiger partial charge in [0.25, 0.3) is 0 Å². The highest BCUT2D eigenvalue weighted by molar-refractivity contribution is 6.05. The molecule has 0 unspecified atom stereocenters. The standard InChI is InChI=1S/C14H13N2/c1-10-13-9-15-14-6-4-3-5-12(14)11(13)7-8-16(10)2/h3-9H,1-2H3/q+1. The maximum atomic E-state index is 4.50. The molecule has 0 aliphatic heterocycles. The molecule has 2 heteroatoms. The molecule has 0 saturated carbocycles. The Balaban J connectivity index is 2.58. The molecule has 2 aromatic heterocycles. The van der Waals surface area contributed by atoms with E-state index in [1.807, 2.05) is 12.3 Å². The Morgan fingerprint density at radius 2 is 1.81 bits per heavy atom. The second kappa shape index (κ2) is 3.27. The molecule has 0 saturated heterocycles. The zero-order chi connectivity index (χ0) is 11.1. The van der Waals surface area contributed by atoms with E-state index in [1.54, 1.807) is 0 Å². The van der Waals surface area contributed by atoms with E-state index in [9.17, 15) is 0 Å². The fraction of sp³-hybridized carbons (Fsp3) is 0.143. The normalized spacial score (nSPS) is 11.1. The highest BCUT2D eigenvalue weighted by atomic mass is 14.9. The van der Waals surface area contributed by atoms with Crippen molar-refractivity contribution in [1.29, 1.82) is 0 Å². The number of hydrogen-bond donors (Lipinski definition) is 0. The minimum Gasteiger partial charge on any atom is -0.255 e. The van der Waals surface area contributed by atoms with Crippen LogP contribution in [0.15, 0.2) is 42.7 Å². The molecule has 0 spiro atoms. The quantitative estimate of drug-likeness (QED) is 0.410. The Labute approximate surface area is 94.2 Å². The van der Waals surface area contributed by atoms with E-state index < -0.39 is 0 Å². The number of pyridine rings is 2. The van der Waals surface area contributed by atoms with E-state index in [1.165, 1.54) is 21.9 Å². The Hall–Kier alpha value is -1.96. The highest BCUT2D eigenvalue weighted by Gasteiger charge is 2.09. The third-order valence-electron chi connectivity index (χ3n) is 3.20. The Morgan fingerprint density at radius 3 is 2.69 bits per heavy atom. The SMILES string of the molecule is Cc1c2cnc3ccccc3c2cc[n+]1C. The van der Waals surface area contributed by atoms with Gasteiger partial charge in [0.1, 0.15) is 7.05 Å². The molecule has 0 aliphatic carbocycles. The molecule has 16 heavy (non-hydrogen) atoms. The first kappa shape index (κ1) is 9.28. The van der Waals surface area contributed by atoms with E-state index in [0.717, 1.165) is 5.52 Å². The minimum atomic E-state index is 1.06. The summed E-state index contributed by atoms with van der Waals surface area (Å²) in [7, 11) is 2.06. The molecule has 2 heterocycles. The van der Waals surface area contributed by atoms with Gasteiger partial charge >= 0.3 is 0 Å². The number of aryl methyl sites for hydroxylation is 2. The molecule has 0 atom stereocenters. The average molecular weight is 209 g/mol. The lowest BCUT2D eigenvalue weighted by Gasteiger charge is -2.03. The summed E-state index contributed by atoms with van der Waals surface area (Å²) in [6.45, 7) is 2.12. The molecule has 0 radical (unpaired) electrons. The molecule has 3 rings (SSSR count). The van der Waals surface area contributed by atoms with E-state index in [4.69, 9.17) is 0 Å². The largest absolute Gasteiger partial charge is 0.255 e. The van der Waals surface area contributed by atoms with Gasteiger partial charge < -0.3 is 0 Å². The summed E-state index contributed by atoms with van der Waals surface area (Å²) in [5.41, 5.74) is 2.30. The third kappa shape index (κ3) is 1.20. The molecule has 78 valence electrons. The number of rotatable bonds is 0. The molecule has 1 aromatic carbocycles. The number of hydrogen-bond acceptors (Lipinski definition) is 1. The van der Waals surface area contributed by atoms with Crippen LogP contribution in [-0.2, 0) is 7.05 Å². The van der Waals surface area contributed by atoms with Crippen LogP contribution in [0.1, 0.15) is 5.69 Å². The van der Waals surface area contributed by atoms with Crippen LogP contribution in [-0.4, -0.2) is 4.98 Å². The number of nitrogens with zero attached hydrogens (tertiary/aromatic N) is 2. The van der Waals surface area contributed by atoms with Crippen LogP contribution < -0.4 is 4.57 Å². The van der Waals surface area contributed by atoms with Crippen molar-refractivity contribution in [1.82, 2.24) is 4.98 Å². The van der Waals surface area contributed by atoms with Crippen LogP contribution >= 0.6 is 0 Å². The van der Waals surface area contributed by atoms with Crippen molar-refractivity contribution >= 4 is 21.7 Å². The lowest BCUT2D eigenvalue weighted by molar-refractivity contribution is -0.676. The van der Waals surface area contributed by atoms with Gasteiger partial charge in [-0.05, 0) is 6.07 Å². The fourth-order valence-corrected chi connectivity index (χ4v) is 2.12. The lowest BCUT2D eigenvalue weighted by atomic mass is 10.1. The molecule has 0 N–H and O–H groups in total. The first-order chi connectivity index (χ1) is 7.77. The molecule has 0 bridgehead atoms. The van der Waals surface area contributed by atoms with Crippen LogP contribution in [0.2, 0.25) is 0 Å².